The number of rotatable bonds is 8. The molecule has 1 amide bonds. The van der Waals surface area contributed by atoms with E-state index >= 15 is 0 Å². The summed E-state index contributed by atoms with van der Waals surface area (Å²) in [4.78, 5) is 16.1. The zero-order valence-electron chi connectivity index (χ0n) is 16.8. The number of nitriles is 1. The normalized spacial score (nSPS) is 11.6. The van der Waals surface area contributed by atoms with E-state index in [1.54, 1.807) is 48.5 Å². The summed E-state index contributed by atoms with van der Waals surface area (Å²) in [6.45, 7) is 1.52. The van der Waals surface area contributed by atoms with Crippen LogP contribution in [0.5, 0.6) is 5.75 Å². The Balaban J connectivity index is 1.66. The lowest BCUT2D eigenvalue weighted by Gasteiger charge is -2.07. The van der Waals surface area contributed by atoms with Crippen molar-refractivity contribution in [2.75, 3.05) is 11.1 Å². The Labute approximate surface area is 188 Å². The maximum Gasteiger partial charge on any atom is 0.268 e. The highest BCUT2D eigenvalue weighted by molar-refractivity contribution is 7.91. The minimum Gasteiger partial charge on any atom is -0.489 e. The molecule has 0 aliphatic carbocycles. The Bertz CT molecular complexity index is 1300. The number of hydrogen-bond acceptors (Lipinski definition) is 8. The quantitative estimate of drug-likeness (QED) is 0.393. The first kappa shape index (κ1) is 23.1. The molecular formula is C21H17FN4O4S2. The van der Waals surface area contributed by atoms with Crippen LogP contribution in [-0.2, 0) is 21.2 Å². The molecule has 0 atom stereocenters. The van der Waals surface area contributed by atoms with Crippen LogP contribution in [0.4, 0.5) is 9.52 Å². The number of anilines is 1. The summed E-state index contributed by atoms with van der Waals surface area (Å²) in [6.07, 6.45) is 1.36. The number of carbonyl (C=O) groups excluding carboxylic acids is 1. The summed E-state index contributed by atoms with van der Waals surface area (Å²) < 4.78 is 46.5. The second-order valence-corrected chi connectivity index (χ2v) is 9.28. The summed E-state index contributed by atoms with van der Waals surface area (Å²) in [5.74, 6) is -0.775. The standard InChI is InChI=1S/C21H17FN4O4S2/c1-2-32(28,29)21-25-20(31-26-21)24-19(27)16(12-23)11-14-7-9-17(10-8-14)30-13-15-5-3-4-6-18(15)22/h3-11H,2,13H2,1H3,(H,24,25,26,27)/b16-11-. The van der Waals surface area contributed by atoms with Gasteiger partial charge < -0.3 is 4.74 Å². The van der Waals surface area contributed by atoms with Crippen LogP contribution < -0.4 is 10.1 Å². The third kappa shape index (κ3) is 5.75. The minimum absolute atomic E-state index is 0.0277. The smallest absolute Gasteiger partial charge is 0.268 e. The van der Waals surface area contributed by atoms with Gasteiger partial charge in [-0.15, -0.1) is 0 Å². The van der Waals surface area contributed by atoms with E-state index in [0.29, 0.717) is 28.4 Å². The van der Waals surface area contributed by atoms with E-state index in [1.807, 2.05) is 0 Å². The lowest BCUT2D eigenvalue weighted by Crippen LogP contribution is -2.13. The van der Waals surface area contributed by atoms with Gasteiger partial charge in [-0.1, -0.05) is 37.3 Å². The molecule has 1 N–H and O–H groups in total. The highest BCUT2D eigenvalue weighted by Crippen LogP contribution is 2.19. The van der Waals surface area contributed by atoms with Crippen LogP contribution in [0.25, 0.3) is 6.08 Å². The van der Waals surface area contributed by atoms with Gasteiger partial charge in [-0.2, -0.15) is 14.6 Å². The fourth-order valence-electron chi connectivity index (χ4n) is 2.43. The number of amides is 1. The van der Waals surface area contributed by atoms with Crippen molar-refractivity contribution in [3.8, 4) is 11.8 Å². The summed E-state index contributed by atoms with van der Waals surface area (Å²) in [5, 5.41) is 11.3. The molecule has 1 heterocycles. The van der Waals surface area contributed by atoms with Gasteiger partial charge in [0.05, 0.1) is 5.75 Å². The Kier molecular flexibility index (Phi) is 7.29. The molecule has 3 rings (SSSR count). The maximum absolute atomic E-state index is 13.7. The fraction of sp³-hybridized carbons (Fsp3) is 0.143. The SMILES string of the molecule is CCS(=O)(=O)c1nsc(NC(=O)/C(C#N)=C\c2ccc(OCc3ccccc3F)cc2)n1. The zero-order valence-corrected chi connectivity index (χ0v) is 18.4. The Morgan fingerprint density at radius 3 is 2.62 bits per heavy atom. The second-order valence-electron chi connectivity index (χ2n) is 6.36. The molecule has 2 aromatic carbocycles. The Morgan fingerprint density at radius 2 is 1.97 bits per heavy atom. The first-order valence-electron chi connectivity index (χ1n) is 9.28. The average molecular weight is 473 g/mol. The van der Waals surface area contributed by atoms with E-state index in [1.165, 1.54) is 19.1 Å². The Morgan fingerprint density at radius 1 is 1.25 bits per heavy atom. The van der Waals surface area contributed by atoms with Crippen LogP contribution in [0.3, 0.4) is 0 Å². The van der Waals surface area contributed by atoms with Crippen molar-refractivity contribution in [1.29, 1.82) is 5.26 Å². The number of nitrogens with zero attached hydrogens (tertiary/aromatic N) is 3. The predicted octanol–water partition coefficient (Wildman–Crippen LogP) is 3.60. The van der Waals surface area contributed by atoms with Crippen LogP contribution in [0.15, 0.2) is 59.3 Å². The highest BCUT2D eigenvalue weighted by atomic mass is 32.2. The first-order chi connectivity index (χ1) is 15.3. The van der Waals surface area contributed by atoms with E-state index < -0.39 is 15.7 Å². The van der Waals surface area contributed by atoms with Crippen molar-refractivity contribution in [2.45, 2.75) is 18.7 Å². The highest BCUT2D eigenvalue weighted by Gasteiger charge is 2.20. The average Bonchev–Trinajstić information content (AvgIpc) is 3.27. The number of ether oxygens (including phenoxy) is 1. The van der Waals surface area contributed by atoms with Gasteiger partial charge in [-0.3, -0.25) is 10.1 Å². The molecular weight excluding hydrogens is 455 g/mol. The number of carbonyl (C=O) groups is 1. The third-order valence-electron chi connectivity index (χ3n) is 4.19. The lowest BCUT2D eigenvalue weighted by molar-refractivity contribution is -0.112. The van der Waals surface area contributed by atoms with E-state index in [0.717, 1.165) is 0 Å². The predicted molar refractivity (Wildman–Crippen MR) is 117 cm³/mol. The van der Waals surface area contributed by atoms with Crippen LogP contribution >= 0.6 is 11.5 Å². The minimum atomic E-state index is -3.59. The largest absolute Gasteiger partial charge is 0.489 e. The molecule has 0 unspecified atom stereocenters. The van der Waals surface area contributed by atoms with Gasteiger partial charge in [0, 0.05) is 17.1 Å². The van der Waals surface area contributed by atoms with Gasteiger partial charge in [-0.05, 0) is 29.8 Å². The van der Waals surface area contributed by atoms with Gasteiger partial charge in [0.2, 0.25) is 15.0 Å². The molecule has 1 aromatic heterocycles. The number of nitrogens with one attached hydrogen (secondary N) is 1. The molecule has 11 heteroatoms. The van der Waals surface area contributed by atoms with Gasteiger partial charge in [0.25, 0.3) is 11.1 Å². The molecule has 0 aliphatic rings. The molecule has 0 spiro atoms. The van der Waals surface area contributed by atoms with Gasteiger partial charge in [0.1, 0.15) is 29.8 Å². The van der Waals surface area contributed by atoms with E-state index in [-0.39, 0.29) is 34.0 Å². The van der Waals surface area contributed by atoms with Crippen LogP contribution in [0, 0.1) is 17.1 Å². The van der Waals surface area contributed by atoms with Gasteiger partial charge in [0.15, 0.2) is 0 Å². The van der Waals surface area contributed by atoms with Crippen molar-refractivity contribution >= 4 is 38.5 Å². The summed E-state index contributed by atoms with van der Waals surface area (Å²) >= 11 is 0.709. The number of aromatic nitrogens is 2. The second kappa shape index (κ2) is 10.1. The molecule has 0 fully saturated rings. The molecule has 164 valence electrons. The molecule has 0 aliphatic heterocycles. The lowest BCUT2D eigenvalue weighted by atomic mass is 10.1. The topological polar surface area (TPSA) is 122 Å². The van der Waals surface area contributed by atoms with Crippen molar-refractivity contribution in [1.82, 2.24) is 9.36 Å². The van der Waals surface area contributed by atoms with Crippen molar-refractivity contribution in [2.24, 2.45) is 0 Å². The molecule has 0 saturated carbocycles. The van der Waals surface area contributed by atoms with Crippen molar-refractivity contribution in [3.63, 3.8) is 0 Å². The van der Waals surface area contributed by atoms with Gasteiger partial charge >= 0.3 is 0 Å². The zero-order chi connectivity index (χ0) is 23.1. The van der Waals surface area contributed by atoms with Crippen LogP contribution in [0.2, 0.25) is 0 Å². The third-order valence-corrected chi connectivity index (χ3v) is 6.44. The number of benzene rings is 2. The van der Waals surface area contributed by atoms with Crippen LogP contribution in [-0.4, -0.2) is 29.4 Å². The monoisotopic (exact) mass is 472 g/mol. The molecule has 3 aromatic rings. The fourth-order valence-corrected chi connectivity index (χ4v) is 4.02. The molecule has 32 heavy (non-hydrogen) atoms. The molecule has 0 radical (unpaired) electrons. The summed E-state index contributed by atoms with van der Waals surface area (Å²) in [5.41, 5.74) is 0.771. The van der Waals surface area contributed by atoms with Crippen LogP contribution in [0.1, 0.15) is 18.1 Å². The molecule has 0 saturated heterocycles. The molecule has 0 bridgehead atoms. The van der Waals surface area contributed by atoms with Crippen molar-refractivity contribution in [3.05, 3.63) is 71.0 Å². The number of hydrogen-bond donors (Lipinski definition) is 1. The maximum atomic E-state index is 13.7. The number of sulfone groups is 1. The summed E-state index contributed by atoms with van der Waals surface area (Å²) in [6, 6.07) is 14.6. The van der Waals surface area contributed by atoms with E-state index in [2.05, 4.69) is 14.7 Å². The number of halogens is 1. The first-order valence-corrected chi connectivity index (χ1v) is 11.7. The van der Waals surface area contributed by atoms with E-state index in [4.69, 9.17) is 4.74 Å². The summed E-state index contributed by atoms with van der Waals surface area (Å²) in [7, 11) is -3.59. The van der Waals surface area contributed by atoms with E-state index in [9.17, 15) is 22.9 Å². The van der Waals surface area contributed by atoms with Crippen molar-refractivity contribution < 1.29 is 22.3 Å². The van der Waals surface area contributed by atoms with Gasteiger partial charge in [-0.25, -0.2) is 12.8 Å². The Hall–Kier alpha value is -3.62. The molecule has 8 nitrogen and oxygen atoms in total.